The number of hydrogen-bond donors (Lipinski definition) is 2. The fourth-order valence-electron chi connectivity index (χ4n) is 2.37. The third kappa shape index (κ3) is 3.19. The van der Waals surface area contributed by atoms with Crippen LogP contribution >= 0.6 is 0 Å². The molecule has 1 aromatic carbocycles. The third-order valence-corrected chi connectivity index (χ3v) is 3.33. The van der Waals surface area contributed by atoms with Crippen molar-refractivity contribution < 1.29 is 17.6 Å². The van der Waals surface area contributed by atoms with E-state index in [1.54, 1.807) is 0 Å². The van der Waals surface area contributed by atoms with E-state index in [0.717, 1.165) is 12.1 Å². The van der Waals surface area contributed by atoms with Crippen LogP contribution in [0.2, 0.25) is 0 Å². The zero-order chi connectivity index (χ0) is 17.3. The molecule has 0 saturated carbocycles. The highest BCUT2D eigenvalue weighted by Gasteiger charge is 2.35. The van der Waals surface area contributed by atoms with Crippen LogP contribution in [0.5, 0.6) is 0 Å². The molecular formula is C15H11F4N5. The number of alkyl halides is 3. The average molecular weight is 337 g/mol. The van der Waals surface area contributed by atoms with Crippen LogP contribution in [0.25, 0.3) is 11.1 Å². The molecule has 124 valence electrons. The molecule has 0 unspecified atom stereocenters. The number of hydrogen-bond acceptors (Lipinski definition) is 4. The van der Waals surface area contributed by atoms with Crippen molar-refractivity contribution in [2.24, 2.45) is 0 Å². The van der Waals surface area contributed by atoms with Crippen LogP contribution in [0.1, 0.15) is 17.0 Å². The average Bonchev–Trinajstić information content (AvgIpc) is 2.92. The second kappa shape index (κ2) is 5.91. The first-order valence-electron chi connectivity index (χ1n) is 6.81. The van der Waals surface area contributed by atoms with Crippen LogP contribution in [-0.2, 0) is 12.6 Å². The summed E-state index contributed by atoms with van der Waals surface area (Å²) in [7, 11) is 0. The zero-order valence-corrected chi connectivity index (χ0v) is 12.1. The Labute approximate surface area is 133 Å². The molecule has 0 aliphatic heterocycles. The van der Waals surface area contributed by atoms with Gasteiger partial charge in [-0.3, -0.25) is 10.1 Å². The number of nitrogens with one attached hydrogen (secondary N) is 1. The number of H-pyrrole nitrogens is 1. The molecule has 5 nitrogen and oxygen atoms in total. The van der Waals surface area contributed by atoms with Gasteiger partial charge < -0.3 is 5.73 Å². The Morgan fingerprint density at radius 3 is 2.58 bits per heavy atom. The summed E-state index contributed by atoms with van der Waals surface area (Å²) in [5, 5.41) is 6.07. The minimum absolute atomic E-state index is 0.0338. The van der Waals surface area contributed by atoms with Gasteiger partial charge in [0.05, 0.1) is 5.56 Å². The highest BCUT2D eigenvalue weighted by molar-refractivity contribution is 5.68. The van der Waals surface area contributed by atoms with E-state index >= 15 is 0 Å². The molecule has 24 heavy (non-hydrogen) atoms. The van der Waals surface area contributed by atoms with Crippen LogP contribution in [-0.4, -0.2) is 20.2 Å². The van der Waals surface area contributed by atoms with E-state index < -0.39 is 23.1 Å². The number of nitrogens with zero attached hydrogens (tertiary/aromatic N) is 3. The standard InChI is InChI=1S/C15H11F4N5/c16-11-5-8(6-12-22-14(20)24-23-12)4-10(15(17,18)19)13(11)9-2-1-3-21-7-9/h1-5,7H,6H2,(H3,20,22,23,24). The van der Waals surface area contributed by atoms with Crippen LogP contribution < -0.4 is 5.73 Å². The van der Waals surface area contributed by atoms with Gasteiger partial charge in [0.1, 0.15) is 11.6 Å². The van der Waals surface area contributed by atoms with E-state index in [0.29, 0.717) is 0 Å². The zero-order valence-electron chi connectivity index (χ0n) is 12.1. The summed E-state index contributed by atoms with van der Waals surface area (Å²) in [5.74, 6) is -0.775. The Hall–Kier alpha value is -2.97. The number of rotatable bonds is 3. The Morgan fingerprint density at radius 1 is 1.21 bits per heavy atom. The molecule has 0 aliphatic rings. The van der Waals surface area contributed by atoms with Gasteiger partial charge in [0.25, 0.3) is 0 Å². The largest absolute Gasteiger partial charge is 0.417 e. The Kier molecular flexibility index (Phi) is 3.92. The van der Waals surface area contributed by atoms with E-state index in [4.69, 9.17) is 5.73 Å². The lowest BCUT2D eigenvalue weighted by Crippen LogP contribution is -2.10. The van der Waals surface area contributed by atoms with E-state index in [2.05, 4.69) is 20.2 Å². The van der Waals surface area contributed by atoms with Crippen molar-refractivity contribution in [2.45, 2.75) is 12.6 Å². The van der Waals surface area contributed by atoms with E-state index in [1.165, 1.54) is 24.5 Å². The lowest BCUT2D eigenvalue weighted by molar-refractivity contribution is -0.137. The maximum Gasteiger partial charge on any atom is 0.417 e. The smallest absolute Gasteiger partial charge is 0.367 e. The summed E-state index contributed by atoms with van der Waals surface area (Å²) in [5.41, 5.74) is 3.90. The Morgan fingerprint density at radius 2 is 2.00 bits per heavy atom. The van der Waals surface area contributed by atoms with Crippen LogP contribution in [0, 0.1) is 5.82 Å². The highest BCUT2D eigenvalue weighted by Crippen LogP contribution is 2.39. The number of aromatic nitrogens is 4. The molecule has 2 aromatic heterocycles. The second-order valence-corrected chi connectivity index (χ2v) is 5.06. The molecule has 0 amide bonds. The van der Waals surface area contributed by atoms with E-state index in [-0.39, 0.29) is 29.3 Å². The van der Waals surface area contributed by atoms with Crippen molar-refractivity contribution >= 4 is 5.95 Å². The number of pyridine rings is 1. The van der Waals surface area contributed by atoms with Gasteiger partial charge in [-0.05, 0) is 23.8 Å². The molecule has 9 heteroatoms. The number of nitrogens with two attached hydrogens (primary N) is 1. The number of anilines is 1. The molecule has 0 fully saturated rings. The maximum absolute atomic E-state index is 14.4. The first-order valence-corrected chi connectivity index (χ1v) is 6.81. The van der Waals surface area contributed by atoms with E-state index in [1.807, 2.05) is 0 Å². The molecule has 0 bridgehead atoms. The number of halogens is 4. The number of benzene rings is 1. The lowest BCUT2D eigenvalue weighted by atomic mass is 9.96. The summed E-state index contributed by atoms with van der Waals surface area (Å²) in [4.78, 5) is 7.55. The van der Waals surface area contributed by atoms with Gasteiger partial charge in [0, 0.05) is 29.9 Å². The molecule has 0 saturated heterocycles. The molecule has 2 heterocycles. The predicted octanol–water partition coefficient (Wildman–Crippen LogP) is 3.20. The SMILES string of the molecule is Nc1n[nH]c(Cc2cc(F)c(-c3cccnc3)c(C(F)(F)F)c2)n1. The van der Waals surface area contributed by atoms with Crippen LogP contribution in [0.15, 0.2) is 36.7 Å². The summed E-state index contributed by atoms with van der Waals surface area (Å²) in [6, 6.07) is 4.75. The molecule has 3 N–H and O–H groups in total. The van der Waals surface area contributed by atoms with Gasteiger partial charge in [0.2, 0.25) is 5.95 Å². The maximum atomic E-state index is 14.4. The molecule has 3 aromatic rings. The first-order chi connectivity index (χ1) is 11.3. The molecule has 0 radical (unpaired) electrons. The summed E-state index contributed by atoms with van der Waals surface area (Å²) >= 11 is 0. The summed E-state index contributed by atoms with van der Waals surface area (Å²) < 4.78 is 54.6. The van der Waals surface area contributed by atoms with Crippen molar-refractivity contribution in [1.29, 1.82) is 0 Å². The lowest BCUT2D eigenvalue weighted by Gasteiger charge is -2.15. The van der Waals surface area contributed by atoms with E-state index in [9.17, 15) is 17.6 Å². The third-order valence-electron chi connectivity index (χ3n) is 3.33. The number of nitrogen functional groups attached to an aromatic ring is 1. The van der Waals surface area contributed by atoms with Crippen molar-refractivity contribution in [1.82, 2.24) is 20.2 Å². The van der Waals surface area contributed by atoms with Crippen molar-refractivity contribution in [3.63, 3.8) is 0 Å². The minimum atomic E-state index is -4.72. The van der Waals surface area contributed by atoms with Crippen LogP contribution in [0.3, 0.4) is 0 Å². The van der Waals surface area contributed by atoms with Crippen molar-refractivity contribution in [3.8, 4) is 11.1 Å². The van der Waals surface area contributed by atoms with Gasteiger partial charge in [0.15, 0.2) is 0 Å². The molecule has 0 aliphatic carbocycles. The van der Waals surface area contributed by atoms with Gasteiger partial charge in [-0.25, -0.2) is 4.39 Å². The molecule has 0 spiro atoms. The second-order valence-electron chi connectivity index (χ2n) is 5.06. The molecule has 0 atom stereocenters. The topological polar surface area (TPSA) is 80.5 Å². The molecule has 3 rings (SSSR count). The monoisotopic (exact) mass is 337 g/mol. The highest BCUT2D eigenvalue weighted by atomic mass is 19.4. The summed E-state index contributed by atoms with van der Waals surface area (Å²) in [6.07, 6.45) is -2.19. The van der Waals surface area contributed by atoms with Crippen molar-refractivity contribution in [3.05, 3.63) is 59.4 Å². The molecular weight excluding hydrogens is 326 g/mol. The quantitative estimate of drug-likeness (QED) is 0.719. The first kappa shape index (κ1) is 15.9. The van der Waals surface area contributed by atoms with Gasteiger partial charge in [-0.1, -0.05) is 6.07 Å². The van der Waals surface area contributed by atoms with Crippen molar-refractivity contribution in [2.75, 3.05) is 5.73 Å². The van der Waals surface area contributed by atoms with Gasteiger partial charge in [-0.2, -0.15) is 18.2 Å². The minimum Gasteiger partial charge on any atom is -0.367 e. The fourth-order valence-corrected chi connectivity index (χ4v) is 2.37. The Bertz CT molecular complexity index is 858. The summed E-state index contributed by atoms with van der Waals surface area (Å²) in [6.45, 7) is 0. The normalized spacial score (nSPS) is 11.7. The fraction of sp³-hybridized carbons (Fsp3) is 0.133. The van der Waals surface area contributed by atoms with Crippen LogP contribution in [0.4, 0.5) is 23.5 Å². The van der Waals surface area contributed by atoms with Gasteiger partial charge in [-0.15, -0.1) is 5.10 Å². The Balaban J connectivity index is 2.11. The number of aromatic amines is 1. The van der Waals surface area contributed by atoms with Gasteiger partial charge >= 0.3 is 6.18 Å². The predicted molar refractivity (Wildman–Crippen MR) is 78.2 cm³/mol.